The van der Waals surface area contributed by atoms with Gasteiger partial charge in [0.15, 0.2) is 0 Å². The fourth-order valence-corrected chi connectivity index (χ4v) is 21.9. The van der Waals surface area contributed by atoms with E-state index in [4.69, 9.17) is 9.30 Å². The van der Waals surface area contributed by atoms with Gasteiger partial charge in [0.1, 0.15) is 0 Å². The van der Waals surface area contributed by atoms with Crippen molar-refractivity contribution in [2.75, 3.05) is 0 Å². The molecule has 0 aliphatic heterocycles. The molecule has 0 amide bonds. The van der Waals surface area contributed by atoms with Crippen LogP contribution in [0.5, 0.6) is 11.5 Å². The van der Waals surface area contributed by atoms with Crippen molar-refractivity contribution in [1.82, 2.24) is 0 Å². The largest absolute Gasteiger partial charge is 2.00 e. The first-order valence-electron chi connectivity index (χ1n) is 19.8. The average Bonchev–Trinajstić information content (AvgIpc) is 2.89. The first-order chi connectivity index (χ1) is 23.7. The van der Waals surface area contributed by atoms with Crippen LogP contribution in [-0.4, -0.2) is 32.9 Å². The SMILES string of the molecule is CC(C)(C)c1cccc(C(C)(C)C)c1[O-].CC(C)(C)c1cccc(C(C)(C)C)c1[O-].C[Si](C)(C)[N-][Si](C)(C)C.C[Si](C)(C)[N-][Si](C)(C)C.[U+2].[U+2].c1ccccc1. The second-order valence-electron chi connectivity index (χ2n) is 22.4. The monoisotopic (exact) mass is 1280 g/mol. The van der Waals surface area contributed by atoms with Gasteiger partial charge in [-0.15, -0.1) is 11.5 Å². The zero-order valence-electron chi connectivity index (χ0n) is 40.6. The van der Waals surface area contributed by atoms with Crippen LogP contribution >= 0.6 is 0 Å². The molecular weight excluding hydrogens is 1200 g/mol. The Kier molecular flexibility index (Phi) is 28.2. The van der Waals surface area contributed by atoms with E-state index in [0.717, 1.165) is 22.3 Å². The van der Waals surface area contributed by atoms with E-state index in [1.807, 2.05) is 72.8 Å². The predicted octanol–water partition coefficient (Wildman–Crippen LogP) is 14.5. The molecule has 4 nitrogen and oxygen atoms in total. The molecule has 0 heterocycles. The van der Waals surface area contributed by atoms with Crippen molar-refractivity contribution in [3.8, 4) is 11.5 Å². The molecule has 0 atom stereocenters. The maximum atomic E-state index is 12.3. The third-order valence-electron chi connectivity index (χ3n) is 7.27. The summed E-state index contributed by atoms with van der Waals surface area (Å²) in [5, 5.41) is 24.5. The van der Waals surface area contributed by atoms with E-state index >= 15 is 0 Å². The first-order valence-corrected chi connectivity index (χ1v) is 33.6. The second kappa shape index (κ2) is 25.2. The molecule has 3 aromatic rings. The summed E-state index contributed by atoms with van der Waals surface area (Å²) in [6.45, 7) is 52.5. The van der Waals surface area contributed by atoms with Gasteiger partial charge in [-0.25, -0.2) is 0 Å². The van der Waals surface area contributed by atoms with Gasteiger partial charge in [-0.1, -0.05) is 290 Å². The summed E-state index contributed by atoms with van der Waals surface area (Å²) in [6.07, 6.45) is 0. The molecule has 10 heteroatoms. The fraction of sp³-hybridized carbons (Fsp3) is 0.609. The van der Waals surface area contributed by atoms with Crippen molar-refractivity contribution in [2.24, 2.45) is 0 Å². The van der Waals surface area contributed by atoms with Gasteiger partial charge in [-0.05, 0) is 21.7 Å². The van der Waals surface area contributed by atoms with E-state index in [-0.39, 0.29) is 95.4 Å². The van der Waals surface area contributed by atoms with Crippen molar-refractivity contribution in [3.05, 3.63) is 104 Å². The molecule has 0 saturated carbocycles. The average molecular weight is 1290 g/mol. The molecular formula is C46H84N2O2Si4U2. The van der Waals surface area contributed by atoms with Crippen molar-refractivity contribution < 1.29 is 72.4 Å². The second-order valence-corrected chi connectivity index (χ2v) is 41.6. The minimum absolute atomic E-state index is 0. The van der Waals surface area contributed by atoms with Gasteiger partial charge in [0.25, 0.3) is 0 Å². The predicted molar refractivity (Wildman–Crippen MR) is 253 cm³/mol. The van der Waals surface area contributed by atoms with Crippen LogP contribution in [0.4, 0.5) is 0 Å². The molecule has 0 fully saturated rings. The third kappa shape index (κ3) is 31.1. The zero-order chi connectivity index (χ0) is 43.4. The number of hydrogen-bond acceptors (Lipinski definition) is 2. The van der Waals surface area contributed by atoms with Crippen LogP contribution in [0.15, 0.2) is 72.8 Å². The summed E-state index contributed by atoms with van der Waals surface area (Å²) >= 11 is 0. The zero-order valence-corrected chi connectivity index (χ0v) is 53.0. The topological polar surface area (TPSA) is 74.3 Å². The minimum Gasteiger partial charge on any atom is -0.872 e. The quantitative estimate of drug-likeness (QED) is 0.244. The molecule has 0 spiro atoms. The van der Waals surface area contributed by atoms with Crippen LogP contribution in [-0.2, 0) is 21.7 Å². The minimum atomic E-state index is -1.11. The molecule has 0 saturated heterocycles. The molecule has 3 rings (SSSR count). The summed E-state index contributed by atoms with van der Waals surface area (Å²) in [4.78, 5) is 0. The molecule has 56 heavy (non-hydrogen) atoms. The number of hydrogen-bond donors (Lipinski definition) is 0. The van der Waals surface area contributed by atoms with E-state index in [9.17, 15) is 10.2 Å². The Labute approximate surface area is 400 Å². The molecule has 314 valence electrons. The van der Waals surface area contributed by atoms with Crippen LogP contribution in [0.3, 0.4) is 0 Å². The summed E-state index contributed by atoms with van der Waals surface area (Å²) in [7, 11) is -4.42. The molecule has 0 bridgehead atoms. The smallest absolute Gasteiger partial charge is 0.872 e. The molecule has 0 radical (unpaired) electrons. The summed E-state index contributed by atoms with van der Waals surface area (Å²) in [5.41, 5.74) is 3.36. The Bertz CT molecular complexity index is 1280. The van der Waals surface area contributed by atoms with Gasteiger partial charge in [0, 0.05) is 0 Å². The van der Waals surface area contributed by atoms with E-state index in [1.54, 1.807) is 0 Å². The van der Waals surface area contributed by atoms with E-state index in [0.29, 0.717) is 0 Å². The van der Waals surface area contributed by atoms with Crippen molar-refractivity contribution in [2.45, 2.75) is 183 Å². The number of rotatable bonds is 4. The Morgan fingerprint density at radius 1 is 0.321 bits per heavy atom. The molecule has 3 aromatic carbocycles. The molecule has 0 aromatic heterocycles. The summed E-state index contributed by atoms with van der Waals surface area (Å²) in [5.74, 6) is 0.412. The number of nitrogens with zero attached hydrogens (tertiary/aromatic N) is 2. The Morgan fingerprint density at radius 3 is 0.554 bits per heavy atom. The van der Waals surface area contributed by atoms with Crippen molar-refractivity contribution in [1.29, 1.82) is 0 Å². The van der Waals surface area contributed by atoms with Gasteiger partial charge in [0.2, 0.25) is 0 Å². The van der Waals surface area contributed by atoms with E-state index in [2.05, 4.69) is 162 Å². The normalized spacial score (nSPS) is 12.3. The summed E-state index contributed by atoms with van der Waals surface area (Å²) in [6, 6.07) is 23.7. The van der Waals surface area contributed by atoms with Crippen LogP contribution in [0, 0.1) is 62.2 Å². The molecule has 0 aliphatic carbocycles. The first kappa shape index (κ1) is 62.8. The van der Waals surface area contributed by atoms with Crippen LogP contribution in [0.25, 0.3) is 9.30 Å². The Morgan fingerprint density at radius 2 is 0.464 bits per heavy atom. The van der Waals surface area contributed by atoms with E-state index < -0.39 is 32.9 Å². The van der Waals surface area contributed by atoms with Gasteiger partial charge < -0.3 is 19.5 Å². The molecule has 0 aliphatic rings. The van der Waals surface area contributed by atoms with Crippen LogP contribution in [0.2, 0.25) is 78.6 Å². The van der Waals surface area contributed by atoms with Crippen molar-refractivity contribution in [3.63, 3.8) is 0 Å². The maximum absolute atomic E-state index is 12.3. The molecule has 0 unspecified atom stereocenters. The standard InChI is InChI=1S/2C14H22O.2C6H18NSi2.C6H6.2U/c2*1-13(2,3)10-8-7-9-11(12(10)15)14(4,5)6;2*1-8(2,3)7-9(4,5)6;1-2-4-6-5-3-1;;/h2*7-9,15H,1-6H3;2*1-6H3;1-6H;;/q;;2*-1;;2*+2/p-2. The van der Waals surface area contributed by atoms with E-state index in [1.165, 1.54) is 0 Å². The Balaban J connectivity index is -0.000000310. The van der Waals surface area contributed by atoms with Gasteiger partial charge in [0.05, 0.1) is 0 Å². The third-order valence-corrected chi connectivity index (χ3v) is 18.0. The van der Waals surface area contributed by atoms with Gasteiger partial charge >= 0.3 is 62.2 Å². The van der Waals surface area contributed by atoms with Crippen molar-refractivity contribution >= 4 is 32.9 Å². The van der Waals surface area contributed by atoms with Gasteiger partial charge in [-0.3, -0.25) is 0 Å². The van der Waals surface area contributed by atoms with Gasteiger partial charge in [-0.2, -0.15) is 0 Å². The van der Waals surface area contributed by atoms with Crippen LogP contribution in [0.1, 0.15) is 105 Å². The number of benzene rings is 3. The molecule has 0 N–H and O–H groups in total. The Hall–Kier alpha value is 0.151. The van der Waals surface area contributed by atoms with Crippen LogP contribution < -0.4 is 10.2 Å². The number of para-hydroxylation sites is 2. The maximum Gasteiger partial charge on any atom is 2.00 e. The summed E-state index contributed by atoms with van der Waals surface area (Å²) < 4.78 is 9.64. The fourth-order valence-electron chi connectivity index (χ4n) is 5.83.